The lowest BCUT2D eigenvalue weighted by Crippen LogP contribution is -2.15. The van der Waals surface area contributed by atoms with Gasteiger partial charge in [-0.15, -0.1) is 0 Å². The van der Waals surface area contributed by atoms with Gasteiger partial charge >= 0.3 is 0 Å². The molecule has 0 saturated heterocycles. The zero-order valence-corrected chi connectivity index (χ0v) is 10.1. The van der Waals surface area contributed by atoms with Gasteiger partial charge in [0.25, 0.3) is 0 Å². The molecule has 1 aliphatic heterocycles. The van der Waals surface area contributed by atoms with Gasteiger partial charge in [0.15, 0.2) is 5.05 Å². The standard InChI is InChI=1S/C14H12OS/c1-14(2)12-8-10-6-4-3-5-9(10)7-11(12)13(16)15-14/h3-8H,1-2H3. The molecule has 1 aliphatic rings. The Hall–Kier alpha value is -1.41. The molecule has 0 aliphatic carbocycles. The summed E-state index contributed by atoms with van der Waals surface area (Å²) in [7, 11) is 0. The van der Waals surface area contributed by atoms with Crippen molar-refractivity contribution in [3.8, 4) is 0 Å². The monoisotopic (exact) mass is 228 g/mol. The summed E-state index contributed by atoms with van der Waals surface area (Å²) in [6.45, 7) is 4.11. The molecule has 0 radical (unpaired) electrons. The van der Waals surface area contributed by atoms with E-state index in [0.717, 1.165) is 5.56 Å². The van der Waals surface area contributed by atoms with Crippen LogP contribution in [0.5, 0.6) is 0 Å². The average Bonchev–Trinajstić information content (AvgIpc) is 2.47. The number of rotatable bonds is 0. The summed E-state index contributed by atoms with van der Waals surface area (Å²) in [6, 6.07) is 12.6. The van der Waals surface area contributed by atoms with E-state index in [-0.39, 0.29) is 5.60 Å². The lowest BCUT2D eigenvalue weighted by molar-refractivity contribution is 0.115. The Labute approximate surface area is 100 Å². The minimum absolute atomic E-state index is 0.295. The summed E-state index contributed by atoms with van der Waals surface area (Å²) in [4.78, 5) is 0. The van der Waals surface area contributed by atoms with Crippen molar-refractivity contribution < 1.29 is 4.74 Å². The molecule has 0 spiro atoms. The van der Waals surface area contributed by atoms with E-state index in [1.165, 1.54) is 16.3 Å². The van der Waals surface area contributed by atoms with Crippen molar-refractivity contribution in [1.82, 2.24) is 0 Å². The second-order valence-electron chi connectivity index (χ2n) is 4.64. The van der Waals surface area contributed by atoms with Crippen molar-refractivity contribution in [1.29, 1.82) is 0 Å². The molecule has 2 aromatic carbocycles. The molecule has 0 saturated carbocycles. The molecule has 2 aromatic rings. The first-order chi connectivity index (χ1) is 7.58. The van der Waals surface area contributed by atoms with E-state index < -0.39 is 0 Å². The van der Waals surface area contributed by atoms with Crippen LogP contribution in [0.1, 0.15) is 25.0 Å². The van der Waals surface area contributed by atoms with E-state index in [4.69, 9.17) is 17.0 Å². The topological polar surface area (TPSA) is 9.23 Å². The van der Waals surface area contributed by atoms with Gasteiger partial charge in [-0.1, -0.05) is 24.3 Å². The highest BCUT2D eigenvalue weighted by Gasteiger charge is 2.35. The van der Waals surface area contributed by atoms with Gasteiger partial charge in [0.2, 0.25) is 0 Å². The molecule has 2 heteroatoms. The first-order valence-electron chi connectivity index (χ1n) is 5.34. The van der Waals surface area contributed by atoms with Gasteiger partial charge < -0.3 is 4.74 Å². The van der Waals surface area contributed by atoms with Gasteiger partial charge in [-0.3, -0.25) is 0 Å². The summed E-state index contributed by atoms with van der Waals surface area (Å²) in [6.07, 6.45) is 0. The highest BCUT2D eigenvalue weighted by atomic mass is 32.1. The molecule has 1 nitrogen and oxygen atoms in total. The number of benzene rings is 2. The first kappa shape index (κ1) is 9.79. The highest BCUT2D eigenvalue weighted by Crippen LogP contribution is 2.38. The molecule has 0 aromatic heterocycles. The quantitative estimate of drug-likeness (QED) is 0.635. The van der Waals surface area contributed by atoms with Crippen LogP contribution in [0.25, 0.3) is 10.8 Å². The Balaban J connectivity index is 2.38. The Morgan fingerprint density at radius 1 is 1.06 bits per heavy atom. The number of thiocarbonyl (C=S) groups is 1. The average molecular weight is 228 g/mol. The molecule has 0 bridgehead atoms. The summed E-state index contributed by atoms with van der Waals surface area (Å²) in [5, 5.41) is 3.07. The number of ether oxygens (including phenoxy) is 1. The lowest BCUT2D eigenvalue weighted by Gasteiger charge is -2.18. The maximum atomic E-state index is 5.72. The third-order valence-corrected chi connectivity index (χ3v) is 3.41. The summed E-state index contributed by atoms with van der Waals surface area (Å²) >= 11 is 5.26. The van der Waals surface area contributed by atoms with Crippen molar-refractivity contribution >= 4 is 28.0 Å². The second kappa shape index (κ2) is 3.05. The van der Waals surface area contributed by atoms with Gasteiger partial charge in [-0.25, -0.2) is 0 Å². The molecule has 0 amide bonds. The number of fused-ring (bicyclic) bond motifs is 2. The third-order valence-electron chi connectivity index (χ3n) is 3.10. The van der Waals surface area contributed by atoms with Crippen LogP contribution in [-0.2, 0) is 10.3 Å². The predicted molar refractivity (Wildman–Crippen MR) is 69.8 cm³/mol. The van der Waals surface area contributed by atoms with E-state index in [1.54, 1.807) is 0 Å². The van der Waals surface area contributed by atoms with Crippen molar-refractivity contribution in [2.24, 2.45) is 0 Å². The van der Waals surface area contributed by atoms with E-state index in [0.29, 0.717) is 5.05 Å². The summed E-state index contributed by atoms with van der Waals surface area (Å²) in [5.41, 5.74) is 1.96. The Morgan fingerprint density at radius 2 is 1.69 bits per heavy atom. The molecule has 1 heterocycles. The number of hydrogen-bond donors (Lipinski definition) is 0. The largest absolute Gasteiger partial charge is 0.472 e. The van der Waals surface area contributed by atoms with Gasteiger partial charge in [0, 0.05) is 11.1 Å². The molecular weight excluding hydrogens is 216 g/mol. The smallest absolute Gasteiger partial charge is 0.192 e. The molecule has 0 atom stereocenters. The third kappa shape index (κ3) is 1.26. The normalized spacial score (nSPS) is 17.2. The first-order valence-corrected chi connectivity index (χ1v) is 5.75. The summed E-state index contributed by atoms with van der Waals surface area (Å²) < 4.78 is 5.72. The van der Waals surface area contributed by atoms with Crippen LogP contribution in [0.2, 0.25) is 0 Å². The van der Waals surface area contributed by atoms with E-state index >= 15 is 0 Å². The Kier molecular flexibility index (Phi) is 1.86. The molecule has 0 unspecified atom stereocenters. The predicted octanol–water partition coefficient (Wildman–Crippen LogP) is 3.78. The van der Waals surface area contributed by atoms with Crippen molar-refractivity contribution in [2.45, 2.75) is 19.4 Å². The van der Waals surface area contributed by atoms with Crippen LogP contribution < -0.4 is 0 Å². The van der Waals surface area contributed by atoms with E-state index in [9.17, 15) is 0 Å². The van der Waals surface area contributed by atoms with Crippen LogP contribution in [0.4, 0.5) is 0 Å². The fourth-order valence-electron chi connectivity index (χ4n) is 2.25. The molecule has 3 rings (SSSR count). The fourth-order valence-corrected chi connectivity index (χ4v) is 2.63. The second-order valence-corrected chi connectivity index (χ2v) is 5.02. The van der Waals surface area contributed by atoms with Crippen molar-refractivity contribution in [3.63, 3.8) is 0 Å². The van der Waals surface area contributed by atoms with Gasteiger partial charge in [0.1, 0.15) is 5.60 Å². The van der Waals surface area contributed by atoms with E-state index in [1.807, 2.05) is 6.07 Å². The van der Waals surface area contributed by atoms with Gasteiger partial charge in [-0.05, 0) is 49.0 Å². The SMILES string of the molecule is CC1(C)OC(=S)c2cc3ccccc3cc21. The molecule has 80 valence electrons. The van der Waals surface area contributed by atoms with Crippen LogP contribution in [0.3, 0.4) is 0 Å². The zero-order chi connectivity index (χ0) is 11.3. The highest BCUT2D eigenvalue weighted by molar-refractivity contribution is 7.80. The Morgan fingerprint density at radius 3 is 2.38 bits per heavy atom. The maximum Gasteiger partial charge on any atom is 0.192 e. The van der Waals surface area contributed by atoms with Crippen LogP contribution >= 0.6 is 12.2 Å². The molecule has 0 fully saturated rings. The van der Waals surface area contributed by atoms with Crippen LogP contribution in [0, 0.1) is 0 Å². The Bertz CT molecular complexity index is 599. The van der Waals surface area contributed by atoms with Crippen LogP contribution in [-0.4, -0.2) is 5.05 Å². The fraction of sp³-hybridized carbons (Fsp3) is 0.214. The molecular formula is C14H12OS. The zero-order valence-electron chi connectivity index (χ0n) is 9.28. The van der Waals surface area contributed by atoms with E-state index in [2.05, 4.69) is 44.2 Å². The maximum absolute atomic E-state index is 5.72. The van der Waals surface area contributed by atoms with Crippen molar-refractivity contribution in [2.75, 3.05) is 0 Å². The minimum atomic E-state index is -0.295. The number of hydrogen-bond acceptors (Lipinski definition) is 2. The minimum Gasteiger partial charge on any atom is -0.472 e. The lowest BCUT2D eigenvalue weighted by atomic mass is 9.93. The van der Waals surface area contributed by atoms with Crippen LogP contribution in [0.15, 0.2) is 36.4 Å². The molecule has 16 heavy (non-hydrogen) atoms. The van der Waals surface area contributed by atoms with Gasteiger partial charge in [-0.2, -0.15) is 0 Å². The van der Waals surface area contributed by atoms with Gasteiger partial charge in [0.05, 0.1) is 0 Å². The summed E-state index contributed by atoms with van der Waals surface area (Å²) in [5.74, 6) is 0. The van der Waals surface area contributed by atoms with Crippen molar-refractivity contribution in [3.05, 3.63) is 47.5 Å². The molecule has 0 N–H and O–H groups in total.